The molecular formula is C11H14ClNO3. The molecular weight excluding hydrogens is 230 g/mol. The summed E-state index contributed by atoms with van der Waals surface area (Å²) < 4.78 is 4.77. The largest absolute Gasteiger partial charge is 0.382 e. The summed E-state index contributed by atoms with van der Waals surface area (Å²) in [4.78, 5) is 16.4. The van der Waals surface area contributed by atoms with Crippen LogP contribution in [-0.2, 0) is 15.5 Å². The zero-order chi connectivity index (χ0) is 11.8. The van der Waals surface area contributed by atoms with Crippen molar-refractivity contribution >= 4 is 17.5 Å². The molecule has 88 valence electrons. The van der Waals surface area contributed by atoms with Crippen molar-refractivity contribution in [3.63, 3.8) is 0 Å². The first-order valence-electron chi connectivity index (χ1n) is 4.84. The summed E-state index contributed by atoms with van der Waals surface area (Å²) in [5.74, 6) is 0.156. The molecule has 1 aromatic rings. The Balaban J connectivity index is 2.40. The van der Waals surface area contributed by atoms with E-state index in [-0.39, 0.29) is 5.91 Å². The van der Waals surface area contributed by atoms with Crippen molar-refractivity contribution in [2.45, 2.75) is 5.88 Å². The highest BCUT2D eigenvalue weighted by atomic mass is 35.5. The smallest absolute Gasteiger partial charge is 0.274 e. The molecule has 0 aliphatic heterocycles. The number of nitrogens with one attached hydrogen (secondary N) is 1. The van der Waals surface area contributed by atoms with Crippen molar-refractivity contribution in [3.8, 4) is 0 Å². The van der Waals surface area contributed by atoms with Crippen molar-refractivity contribution < 1.29 is 14.4 Å². The maximum atomic E-state index is 11.5. The molecule has 0 saturated heterocycles. The minimum atomic E-state index is -0.280. The number of carbonyl (C=O) groups excluding carboxylic acids is 1. The molecule has 0 aliphatic rings. The van der Waals surface area contributed by atoms with Crippen LogP contribution in [0.4, 0.5) is 0 Å². The number of benzene rings is 1. The zero-order valence-electron chi connectivity index (χ0n) is 9.03. The van der Waals surface area contributed by atoms with E-state index >= 15 is 0 Å². The summed E-state index contributed by atoms with van der Waals surface area (Å²) in [7, 11) is 1.57. The van der Waals surface area contributed by atoms with E-state index in [9.17, 15) is 4.79 Å². The highest BCUT2D eigenvalue weighted by Gasteiger charge is 2.04. The molecule has 0 saturated carbocycles. The minimum Gasteiger partial charge on any atom is -0.382 e. The monoisotopic (exact) mass is 243 g/mol. The Morgan fingerprint density at radius 2 is 2.00 bits per heavy atom. The fourth-order valence-electron chi connectivity index (χ4n) is 1.05. The SMILES string of the molecule is COCCONC(=O)c1ccc(CCl)cc1. The fourth-order valence-corrected chi connectivity index (χ4v) is 1.22. The molecule has 0 spiro atoms. The summed E-state index contributed by atoms with van der Waals surface area (Å²) >= 11 is 5.64. The molecule has 0 radical (unpaired) electrons. The van der Waals surface area contributed by atoms with Gasteiger partial charge in [-0.25, -0.2) is 5.48 Å². The normalized spacial score (nSPS) is 10.1. The van der Waals surface area contributed by atoms with Crippen LogP contribution in [0.2, 0.25) is 0 Å². The van der Waals surface area contributed by atoms with Crippen LogP contribution >= 0.6 is 11.6 Å². The number of hydrogen-bond acceptors (Lipinski definition) is 3. The molecule has 1 aromatic carbocycles. The zero-order valence-corrected chi connectivity index (χ0v) is 9.79. The van der Waals surface area contributed by atoms with Gasteiger partial charge < -0.3 is 4.74 Å². The summed E-state index contributed by atoms with van der Waals surface area (Å²) in [6, 6.07) is 7.01. The molecule has 1 amide bonds. The molecule has 0 heterocycles. The van der Waals surface area contributed by atoms with Crippen molar-refractivity contribution in [2.75, 3.05) is 20.3 Å². The van der Waals surface area contributed by atoms with Crippen LogP contribution in [0.15, 0.2) is 24.3 Å². The summed E-state index contributed by atoms with van der Waals surface area (Å²) in [5, 5.41) is 0. The van der Waals surface area contributed by atoms with E-state index in [1.54, 1.807) is 31.4 Å². The Kier molecular flexibility index (Phi) is 5.85. The number of amides is 1. The first-order chi connectivity index (χ1) is 7.77. The second-order valence-corrected chi connectivity index (χ2v) is 3.37. The lowest BCUT2D eigenvalue weighted by Gasteiger charge is -2.05. The lowest BCUT2D eigenvalue weighted by molar-refractivity contribution is 0.00889. The Bertz CT molecular complexity index is 327. The van der Waals surface area contributed by atoms with E-state index in [1.165, 1.54) is 0 Å². The lowest BCUT2D eigenvalue weighted by atomic mass is 10.1. The van der Waals surface area contributed by atoms with Gasteiger partial charge >= 0.3 is 0 Å². The van der Waals surface area contributed by atoms with Gasteiger partial charge in [-0.3, -0.25) is 9.63 Å². The standard InChI is InChI=1S/C11H14ClNO3/c1-15-6-7-16-13-11(14)10-4-2-9(8-12)3-5-10/h2-5H,6-8H2,1H3,(H,13,14). The number of methoxy groups -OCH3 is 1. The van der Waals surface area contributed by atoms with Crippen LogP contribution in [0.1, 0.15) is 15.9 Å². The van der Waals surface area contributed by atoms with Crippen molar-refractivity contribution in [1.82, 2.24) is 5.48 Å². The van der Waals surface area contributed by atoms with Crippen LogP contribution in [0.25, 0.3) is 0 Å². The van der Waals surface area contributed by atoms with E-state index in [1.807, 2.05) is 0 Å². The van der Waals surface area contributed by atoms with E-state index in [4.69, 9.17) is 21.2 Å². The van der Waals surface area contributed by atoms with E-state index < -0.39 is 0 Å². The molecule has 1 rings (SSSR count). The lowest BCUT2D eigenvalue weighted by Crippen LogP contribution is -2.25. The van der Waals surface area contributed by atoms with Gasteiger partial charge in [-0.15, -0.1) is 11.6 Å². The van der Waals surface area contributed by atoms with E-state index in [2.05, 4.69) is 5.48 Å². The van der Waals surface area contributed by atoms with Gasteiger partial charge in [0.1, 0.15) is 0 Å². The van der Waals surface area contributed by atoms with Gasteiger partial charge in [0.15, 0.2) is 0 Å². The Labute approximate surface area is 99.5 Å². The number of rotatable bonds is 6. The van der Waals surface area contributed by atoms with Gasteiger partial charge in [0.25, 0.3) is 5.91 Å². The number of hydrogen-bond donors (Lipinski definition) is 1. The van der Waals surface area contributed by atoms with Crippen LogP contribution in [0, 0.1) is 0 Å². The summed E-state index contributed by atoms with van der Waals surface area (Å²) in [6.45, 7) is 0.757. The Hall–Kier alpha value is -1.10. The number of hydroxylamine groups is 1. The minimum absolute atomic E-state index is 0.280. The molecule has 1 N–H and O–H groups in total. The second kappa shape index (κ2) is 7.22. The predicted molar refractivity (Wildman–Crippen MR) is 61.3 cm³/mol. The van der Waals surface area contributed by atoms with E-state index in [0.717, 1.165) is 5.56 Å². The molecule has 0 fully saturated rings. The molecule has 4 nitrogen and oxygen atoms in total. The van der Waals surface area contributed by atoms with Crippen molar-refractivity contribution in [1.29, 1.82) is 0 Å². The average molecular weight is 244 g/mol. The van der Waals surface area contributed by atoms with Gasteiger partial charge in [0.05, 0.1) is 13.2 Å². The molecule has 0 aromatic heterocycles. The molecule has 16 heavy (non-hydrogen) atoms. The number of ether oxygens (including phenoxy) is 1. The fraction of sp³-hybridized carbons (Fsp3) is 0.364. The maximum Gasteiger partial charge on any atom is 0.274 e. The molecule has 0 atom stereocenters. The van der Waals surface area contributed by atoms with Gasteiger partial charge in [0, 0.05) is 18.6 Å². The Morgan fingerprint density at radius 3 is 2.56 bits per heavy atom. The summed E-state index contributed by atoms with van der Waals surface area (Å²) in [6.07, 6.45) is 0. The number of alkyl halides is 1. The Morgan fingerprint density at radius 1 is 1.31 bits per heavy atom. The highest BCUT2D eigenvalue weighted by molar-refractivity contribution is 6.17. The van der Waals surface area contributed by atoms with Crippen LogP contribution in [-0.4, -0.2) is 26.2 Å². The first kappa shape index (κ1) is 13.0. The average Bonchev–Trinajstić information content (AvgIpc) is 2.34. The topological polar surface area (TPSA) is 47.6 Å². The highest BCUT2D eigenvalue weighted by Crippen LogP contribution is 2.06. The summed E-state index contributed by atoms with van der Waals surface area (Å²) in [5.41, 5.74) is 3.82. The maximum absolute atomic E-state index is 11.5. The molecule has 0 aliphatic carbocycles. The molecule has 5 heteroatoms. The molecule has 0 bridgehead atoms. The third-order valence-corrected chi connectivity index (χ3v) is 2.23. The van der Waals surface area contributed by atoms with Crippen molar-refractivity contribution in [2.24, 2.45) is 0 Å². The number of carbonyl (C=O) groups is 1. The third-order valence-electron chi connectivity index (χ3n) is 1.92. The van der Waals surface area contributed by atoms with Gasteiger partial charge in [-0.2, -0.15) is 0 Å². The van der Waals surface area contributed by atoms with E-state index in [0.29, 0.717) is 24.7 Å². The van der Waals surface area contributed by atoms with Gasteiger partial charge in [-0.1, -0.05) is 12.1 Å². The van der Waals surface area contributed by atoms with Crippen LogP contribution in [0.5, 0.6) is 0 Å². The predicted octanol–water partition coefficient (Wildman–Crippen LogP) is 1.73. The third kappa shape index (κ3) is 4.18. The van der Waals surface area contributed by atoms with Gasteiger partial charge in [-0.05, 0) is 17.7 Å². The van der Waals surface area contributed by atoms with Crippen LogP contribution in [0.3, 0.4) is 0 Å². The first-order valence-corrected chi connectivity index (χ1v) is 5.37. The second-order valence-electron chi connectivity index (χ2n) is 3.10. The van der Waals surface area contributed by atoms with Crippen molar-refractivity contribution in [3.05, 3.63) is 35.4 Å². The van der Waals surface area contributed by atoms with Gasteiger partial charge in [0.2, 0.25) is 0 Å². The quantitative estimate of drug-likeness (QED) is 0.470. The number of halogens is 1. The van der Waals surface area contributed by atoms with Crippen LogP contribution < -0.4 is 5.48 Å². The molecule has 0 unspecified atom stereocenters.